The number of rotatable bonds is 2. The van der Waals surface area contributed by atoms with Crippen molar-refractivity contribution in [3.8, 4) is 16.9 Å². The predicted octanol–water partition coefficient (Wildman–Crippen LogP) is 3.50. The van der Waals surface area contributed by atoms with E-state index in [2.05, 4.69) is 0 Å². The third-order valence-corrected chi connectivity index (χ3v) is 7.49. The Morgan fingerprint density at radius 1 is 1.00 bits per heavy atom. The molecular formula is C27H24O7. The van der Waals surface area contributed by atoms with Gasteiger partial charge in [0.25, 0.3) is 0 Å². The van der Waals surface area contributed by atoms with Crippen molar-refractivity contribution in [3.05, 3.63) is 70.0 Å². The molecular weight excluding hydrogens is 436 g/mol. The number of Topliss-reactive ketones (excluding diaryl/α,β-unsaturated/α-hetero) is 3. The fraction of sp³-hybridized carbons (Fsp3) is 0.296. The van der Waals surface area contributed by atoms with Gasteiger partial charge in [0.05, 0.1) is 5.56 Å². The molecule has 1 fully saturated rings. The number of carbonyl (C=O) groups excluding carboxylic acids is 3. The average Bonchev–Trinajstić information content (AvgIpc) is 2.77. The molecule has 0 aliphatic heterocycles. The summed E-state index contributed by atoms with van der Waals surface area (Å²) < 4.78 is 0. The van der Waals surface area contributed by atoms with Gasteiger partial charge in [0.15, 0.2) is 17.2 Å². The average molecular weight is 460 g/mol. The van der Waals surface area contributed by atoms with Crippen molar-refractivity contribution in [2.75, 3.05) is 0 Å². The van der Waals surface area contributed by atoms with Gasteiger partial charge in [-0.25, -0.2) is 0 Å². The van der Waals surface area contributed by atoms with E-state index in [9.17, 15) is 34.8 Å². The molecule has 0 unspecified atom stereocenters. The Balaban J connectivity index is 1.73. The van der Waals surface area contributed by atoms with Crippen LogP contribution in [-0.4, -0.2) is 43.4 Å². The number of hydrogen-bond donors (Lipinski definition) is 4. The maximum Gasteiger partial charge on any atom is 0.202 e. The van der Waals surface area contributed by atoms with Crippen LogP contribution in [-0.2, 0) is 20.8 Å². The molecule has 2 aromatic rings. The van der Waals surface area contributed by atoms with Gasteiger partial charge in [0.2, 0.25) is 5.78 Å². The van der Waals surface area contributed by atoms with Crippen LogP contribution in [0.15, 0.2) is 53.3 Å². The number of fused-ring (bicyclic) bond motifs is 3. The third-order valence-electron chi connectivity index (χ3n) is 7.49. The number of benzene rings is 2. The highest BCUT2D eigenvalue weighted by molar-refractivity contribution is 6.23. The van der Waals surface area contributed by atoms with E-state index < -0.39 is 51.9 Å². The Morgan fingerprint density at radius 3 is 2.38 bits per heavy atom. The number of aryl methyl sites for hydroxylation is 1. The second kappa shape index (κ2) is 7.40. The lowest BCUT2D eigenvalue weighted by Gasteiger charge is -2.46. The fourth-order valence-corrected chi connectivity index (χ4v) is 5.86. The van der Waals surface area contributed by atoms with Crippen molar-refractivity contribution < 1.29 is 34.8 Å². The first-order chi connectivity index (χ1) is 16.1. The van der Waals surface area contributed by atoms with Crippen LogP contribution in [0.3, 0.4) is 0 Å². The summed E-state index contributed by atoms with van der Waals surface area (Å²) >= 11 is 0. The Morgan fingerprint density at radius 2 is 1.71 bits per heavy atom. The number of carbonyl (C=O) groups is 3. The second-order valence-electron chi connectivity index (χ2n) is 9.40. The number of aliphatic hydroxyl groups excluding tert-OH is 2. The monoisotopic (exact) mass is 460 g/mol. The molecule has 3 atom stereocenters. The highest BCUT2D eigenvalue weighted by Gasteiger charge is 2.60. The van der Waals surface area contributed by atoms with E-state index in [-0.39, 0.29) is 29.7 Å². The van der Waals surface area contributed by atoms with Crippen LogP contribution < -0.4 is 0 Å². The molecule has 34 heavy (non-hydrogen) atoms. The minimum Gasteiger partial charge on any atom is -0.508 e. The number of phenolic OH excluding ortho intramolecular Hbond substituents is 1. The SMILES string of the molecule is CC(=O)C1=C(O)[C@@]2(O)C(=O)C3=C(O)c4c(O)ccc(-c5ccccc5C)c4C[C@H]3C[C@H]2CC1=O. The molecule has 0 saturated heterocycles. The smallest absolute Gasteiger partial charge is 0.202 e. The summed E-state index contributed by atoms with van der Waals surface area (Å²) in [7, 11) is 0. The Bertz CT molecular complexity index is 1360. The lowest BCUT2D eigenvalue weighted by molar-refractivity contribution is -0.147. The van der Waals surface area contributed by atoms with Crippen molar-refractivity contribution in [2.45, 2.75) is 38.7 Å². The number of phenols is 1. The quantitative estimate of drug-likeness (QED) is 0.504. The Kier molecular flexibility index (Phi) is 4.81. The van der Waals surface area contributed by atoms with Crippen molar-refractivity contribution in [2.24, 2.45) is 11.8 Å². The number of aromatic hydroxyl groups is 1. The van der Waals surface area contributed by atoms with Gasteiger partial charge >= 0.3 is 0 Å². The van der Waals surface area contributed by atoms with Crippen LogP contribution in [0.5, 0.6) is 5.75 Å². The molecule has 0 amide bonds. The molecule has 1 saturated carbocycles. The van der Waals surface area contributed by atoms with E-state index in [1.807, 2.05) is 31.2 Å². The van der Waals surface area contributed by atoms with Crippen molar-refractivity contribution in [1.82, 2.24) is 0 Å². The number of aliphatic hydroxyl groups is 3. The molecule has 4 N–H and O–H groups in total. The number of allylic oxidation sites excluding steroid dienone is 1. The van der Waals surface area contributed by atoms with E-state index in [4.69, 9.17) is 0 Å². The van der Waals surface area contributed by atoms with Crippen LogP contribution in [0.1, 0.15) is 36.5 Å². The first kappa shape index (κ1) is 22.1. The molecule has 7 nitrogen and oxygen atoms in total. The highest BCUT2D eigenvalue weighted by atomic mass is 16.3. The van der Waals surface area contributed by atoms with Gasteiger partial charge in [-0.15, -0.1) is 0 Å². The van der Waals surface area contributed by atoms with Crippen LogP contribution in [0.25, 0.3) is 16.9 Å². The third kappa shape index (κ3) is 2.83. The summed E-state index contributed by atoms with van der Waals surface area (Å²) in [6, 6.07) is 10.9. The maximum atomic E-state index is 13.6. The largest absolute Gasteiger partial charge is 0.508 e. The molecule has 0 aromatic heterocycles. The summed E-state index contributed by atoms with van der Waals surface area (Å²) in [6.07, 6.45) is 0.178. The number of hydrogen-bond acceptors (Lipinski definition) is 7. The summed E-state index contributed by atoms with van der Waals surface area (Å²) in [5, 5.41) is 43.9. The Labute approximate surface area is 195 Å². The minimum atomic E-state index is -2.48. The van der Waals surface area contributed by atoms with Crippen LogP contribution in [0.2, 0.25) is 0 Å². The summed E-state index contributed by atoms with van der Waals surface area (Å²) in [5.74, 6) is -5.37. The van der Waals surface area contributed by atoms with Gasteiger partial charge in [-0.3, -0.25) is 14.4 Å². The number of ketones is 3. The topological polar surface area (TPSA) is 132 Å². The van der Waals surface area contributed by atoms with Gasteiger partial charge in [0, 0.05) is 17.9 Å². The molecule has 3 aliphatic rings. The second-order valence-corrected chi connectivity index (χ2v) is 9.40. The van der Waals surface area contributed by atoms with Crippen molar-refractivity contribution >= 4 is 23.1 Å². The van der Waals surface area contributed by atoms with E-state index in [1.165, 1.54) is 6.07 Å². The van der Waals surface area contributed by atoms with Crippen molar-refractivity contribution in [1.29, 1.82) is 0 Å². The van der Waals surface area contributed by atoms with Gasteiger partial charge in [0.1, 0.15) is 22.8 Å². The van der Waals surface area contributed by atoms with Gasteiger partial charge in [-0.05, 0) is 60.9 Å². The first-order valence-electron chi connectivity index (χ1n) is 11.2. The van der Waals surface area contributed by atoms with E-state index >= 15 is 0 Å². The molecule has 3 aliphatic carbocycles. The normalized spacial score (nSPS) is 26.2. The molecule has 2 aromatic carbocycles. The fourth-order valence-electron chi connectivity index (χ4n) is 5.86. The van der Waals surface area contributed by atoms with E-state index in [0.717, 1.165) is 23.6 Å². The standard InChI is InChI=1S/C27H24O7/c1-12-5-3-4-6-16(12)17-7-8-19(29)23-18(17)10-14-9-15-11-20(30)21(13(2)28)25(32)27(15,34)26(33)22(14)24(23)31/h3-8,14-15,29,31-32,34H,9-11H2,1-2H3/t14-,15+,27-/m1/s1. The summed E-state index contributed by atoms with van der Waals surface area (Å²) in [6.45, 7) is 3.04. The predicted molar refractivity (Wildman–Crippen MR) is 123 cm³/mol. The minimum absolute atomic E-state index is 0.104. The van der Waals surface area contributed by atoms with E-state index in [1.54, 1.807) is 6.07 Å². The molecule has 0 spiro atoms. The molecule has 0 radical (unpaired) electrons. The molecule has 7 heteroatoms. The zero-order valence-corrected chi connectivity index (χ0v) is 18.8. The van der Waals surface area contributed by atoms with Crippen molar-refractivity contribution in [3.63, 3.8) is 0 Å². The van der Waals surface area contributed by atoms with Gasteiger partial charge < -0.3 is 20.4 Å². The molecule has 5 rings (SSSR count). The van der Waals surface area contributed by atoms with Gasteiger partial charge in [-0.1, -0.05) is 30.3 Å². The maximum absolute atomic E-state index is 13.6. The van der Waals surface area contributed by atoms with Crippen LogP contribution in [0, 0.1) is 18.8 Å². The molecule has 0 heterocycles. The Hall–Kier alpha value is -3.71. The van der Waals surface area contributed by atoms with Gasteiger partial charge in [-0.2, -0.15) is 0 Å². The van der Waals surface area contributed by atoms with Crippen LogP contribution >= 0.6 is 0 Å². The zero-order valence-electron chi connectivity index (χ0n) is 18.8. The summed E-state index contributed by atoms with van der Waals surface area (Å²) in [4.78, 5) is 38.1. The summed E-state index contributed by atoms with van der Waals surface area (Å²) in [5.41, 5.74) is 0.367. The molecule has 174 valence electrons. The molecule has 0 bridgehead atoms. The first-order valence-corrected chi connectivity index (χ1v) is 11.2. The van der Waals surface area contributed by atoms with E-state index in [0.29, 0.717) is 12.0 Å². The lowest BCUT2D eigenvalue weighted by Crippen LogP contribution is -2.57. The zero-order chi connectivity index (χ0) is 24.5. The highest BCUT2D eigenvalue weighted by Crippen LogP contribution is 2.53. The lowest BCUT2D eigenvalue weighted by atomic mass is 9.59. The van der Waals surface area contributed by atoms with Crippen LogP contribution in [0.4, 0.5) is 0 Å².